The zero-order chi connectivity index (χ0) is 22.6. The molecule has 1 spiro atoms. The van der Waals surface area contributed by atoms with E-state index in [0.29, 0.717) is 45.0 Å². The molecule has 1 saturated heterocycles. The number of amides is 2. The average molecular weight is 442 g/mol. The third-order valence-electron chi connectivity index (χ3n) is 6.34. The van der Waals surface area contributed by atoms with Gasteiger partial charge in [0.15, 0.2) is 12.0 Å². The molecule has 3 heterocycles. The Hall–Kier alpha value is -2.87. The summed E-state index contributed by atoms with van der Waals surface area (Å²) in [5.74, 6) is 0.783. The molecule has 0 radical (unpaired) electrons. The van der Waals surface area contributed by atoms with E-state index in [0.717, 1.165) is 25.0 Å². The summed E-state index contributed by atoms with van der Waals surface area (Å²) in [5.41, 5.74) is 0.668. The molecule has 0 aliphatic carbocycles. The number of ether oxygens (including phenoxy) is 2. The lowest BCUT2D eigenvalue weighted by molar-refractivity contribution is -0.170. The molecule has 1 unspecified atom stereocenters. The second-order valence-corrected chi connectivity index (χ2v) is 8.38. The van der Waals surface area contributed by atoms with E-state index in [4.69, 9.17) is 13.9 Å². The fraction of sp³-hybridized carbons (Fsp3) is 0.542. The van der Waals surface area contributed by atoms with E-state index in [1.54, 1.807) is 16.7 Å². The third kappa shape index (κ3) is 4.50. The number of nitrogens with zero attached hydrogens (tertiary/aromatic N) is 3. The lowest BCUT2D eigenvalue weighted by Gasteiger charge is -2.43. The summed E-state index contributed by atoms with van der Waals surface area (Å²) >= 11 is 0. The molecule has 4 rings (SSSR count). The molecule has 0 saturated carbocycles. The van der Waals surface area contributed by atoms with Crippen LogP contribution in [0.3, 0.4) is 0 Å². The Labute approximate surface area is 188 Å². The van der Waals surface area contributed by atoms with Crippen molar-refractivity contribution in [2.45, 2.75) is 45.1 Å². The van der Waals surface area contributed by atoms with Crippen molar-refractivity contribution in [2.24, 2.45) is 0 Å². The molecule has 2 aliphatic heterocycles. The molecule has 1 fully saturated rings. The van der Waals surface area contributed by atoms with Gasteiger partial charge in [-0.1, -0.05) is 18.2 Å². The quantitative estimate of drug-likeness (QED) is 0.713. The van der Waals surface area contributed by atoms with Gasteiger partial charge in [0.05, 0.1) is 25.4 Å². The third-order valence-corrected chi connectivity index (χ3v) is 6.34. The van der Waals surface area contributed by atoms with Crippen LogP contribution in [0.2, 0.25) is 0 Å². The number of fused-ring (bicyclic) bond motifs is 1. The zero-order valence-corrected chi connectivity index (χ0v) is 18.8. The average Bonchev–Trinajstić information content (AvgIpc) is 3.24. The first-order valence-electron chi connectivity index (χ1n) is 11.4. The Kier molecular flexibility index (Phi) is 6.79. The van der Waals surface area contributed by atoms with E-state index in [1.807, 2.05) is 25.1 Å². The Morgan fingerprint density at radius 3 is 2.81 bits per heavy atom. The topological polar surface area (TPSA) is 85.1 Å². The molecule has 32 heavy (non-hydrogen) atoms. The first kappa shape index (κ1) is 22.3. The van der Waals surface area contributed by atoms with Crippen LogP contribution < -0.4 is 4.74 Å². The van der Waals surface area contributed by atoms with E-state index < -0.39 is 5.60 Å². The minimum Gasteiger partial charge on any atom is -0.491 e. The highest BCUT2D eigenvalue weighted by Crippen LogP contribution is 2.30. The monoisotopic (exact) mass is 441 g/mol. The van der Waals surface area contributed by atoms with Crippen LogP contribution in [0.1, 0.15) is 48.0 Å². The highest BCUT2D eigenvalue weighted by Gasteiger charge is 2.47. The van der Waals surface area contributed by atoms with E-state index in [-0.39, 0.29) is 24.1 Å². The summed E-state index contributed by atoms with van der Waals surface area (Å²) in [7, 11) is 0. The van der Waals surface area contributed by atoms with Gasteiger partial charge < -0.3 is 23.7 Å². The van der Waals surface area contributed by atoms with Crippen LogP contribution in [0.15, 0.2) is 35.1 Å². The summed E-state index contributed by atoms with van der Waals surface area (Å²) in [6.45, 7) is 6.04. The number of benzene rings is 1. The van der Waals surface area contributed by atoms with Crippen molar-refractivity contribution in [1.29, 1.82) is 0 Å². The molecule has 0 bridgehead atoms. The van der Waals surface area contributed by atoms with E-state index >= 15 is 0 Å². The number of morpholine rings is 1. The smallest absolute Gasteiger partial charge is 0.291 e. The Balaban J connectivity index is 1.57. The van der Waals surface area contributed by atoms with Gasteiger partial charge in [-0.2, -0.15) is 0 Å². The van der Waals surface area contributed by atoms with Gasteiger partial charge in [0.25, 0.3) is 11.8 Å². The summed E-state index contributed by atoms with van der Waals surface area (Å²) in [6.07, 6.45) is 4.42. The Morgan fingerprint density at radius 1 is 1.19 bits per heavy atom. The predicted octanol–water partition coefficient (Wildman–Crippen LogP) is 2.85. The Morgan fingerprint density at radius 2 is 2.03 bits per heavy atom. The Bertz CT molecular complexity index is 959. The molecule has 1 atom stereocenters. The maximum Gasteiger partial charge on any atom is 0.291 e. The van der Waals surface area contributed by atoms with Crippen LogP contribution in [-0.2, 0) is 16.0 Å². The number of hydrogen-bond acceptors (Lipinski definition) is 6. The van der Waals surface area contributed by atoms with Crippen LogP contribution in [0.5, 0.6) is 5.75 Å². The SMILES string of the molecule is CCN1CCOc2ccccc2CCCCC2(CN(C(=O)c3ocnc3C)CCO2)C1=O. The van der Waals surface area contributed by atoms with Gasteiger partial charge in [0.1, 0.15) is 12.4 Å². The number of aryl methyl sites for hydroxylation is 2. The standard InChI is InChI=1S/C24H31N3O5/c1-3-26-12-14-30-20-10-5-4-8-19(20)9-6-7-11-24(23(26)29)16-27(13-15-32-24)22(28)21-18(2)25-17-31-21/h4-5,8,10,17H,3,6-7,9,11-16H2,1-2H3. The van der Waals surface area contributed by atoms with Crippen molar-refractivity contribution >= 4 is 11.8 Å². The van der Waals surface area contributed by atoms with E-state index in [9.17, 15) is 9.59 Å². The molecule has 2 amide bonds. The number of oxazole rings is 1. The fourth-order valence-corrected chi connectivity index (χ4v) is 4.53. The maximum atomic E-state index is 13.7. The van der Waals surface area contributed by atoms with Crippen molar-refractivity contribution in [3.8, 4) is 5.75 Å². The first-order valence-corrected chi connectivity index (χ1v) is 11.4. The number of likely N-dealkylation sites (N-methyl/N-ethyl adjacent to an activating group) is 1. The molecular formula is C24H31N3O5. The molecule has 172 valence electrons. The summed E-state index contributed by atoms with van der Waals surface area (Å²) in [5, 5.41) is 0. The second kappa shape index (κ2) is 9.73. The maximum absolute atomic E-state index is 13.7. The van der Waals surface area contributed by atoms with Crippen LogP contribution >= 0.6 is 0 Å². The minimum atomic E-state index is -1.06. The van der Waals surface area contributed by atoms with Gasteiger partial charge >= 0.3 is 0 Å². The van der Waals surface area contributed by atoms with Gasteiger partial charge in [-0.25, -0.2) is 4.98 Å². The highest BCUT2D eigenvalue weighted by atomic mass is 16.5. The molecule has 2 aliphatic rings. The van der Waals surface area contributed by atoms with Crippen molar-refractivity contribution in [2.75, 3.05) is 39.4 Å². The largest absolute Gasteiger partial charge is 0.491 e. The van der Waals surface area contributed by atoms with Crippen molar-refractivity contribution in [1.82, 2.24) is 14.8 Å². The molecule has 1 aromatic heterocycles. The summed E-state index contributed by atoms with van der Waals surface area (Å²) in [6, 6.07) is 8.08. The summed E-state index contributed by atoms with van der Waals surface area (Å²) in [4.78, 5) is 34.3. The van der Waals surface area contributed by atoms with Crippen LogP contribution in [-0.4, -0.2) is 71.6 Å². The molecular weight excluding hydrogens is 410 g/mol. The van der Waals surface area contributed by atoms with Crippen LogP contribution in [0.25, 0.3) is 0 Å². The summed E-state index contributed by atoms with van der Waals surface area (Å²) < 4.78 is 17.5. The zero-order valence-electron chi connectivity index (χ0n) is 18.8. The van der Waals surface area contributed by atoms with Crippen LogP contribution in [0.4, 0.5) is 0 Å². The van der Waals surface area contributed by atoms with Gasteiger partial charge in [-0.3, -0.25) is 9.59 Å². The number of rotatable bonds is 2. The number of hydrogen-bond donors (Lipinski definition) is 0. The first-order chi connectivity index (χ1) is 15.5. The normalized spacial score (nSPS) is 22.6. The van der Waals surface area contributed by atoms with Crippen LogP contribution in [0, 0.1) is 6.92 Å². The van der Waals surface area contributed by atoms with Gasteiger partial charge in [0.2, 0.25) is 5.76 Å². The predicted molar refractivity (Wildman–Crippen MR) is 118 cm³/mol. The second-order valence-electron chi connectivity index (χ2n) is 8.38. The van der Waals surface area contributed by atoms with Gasteiger partial charge in [0, 0.05) is 13.1 Å². The number of carbonyl (C=O) groups is 2. The molecule has 0 N–H and O–H groups in total. The van der Waals surface area contributed by atoms with Crippen molar-refractivity contribution in [3.63, 3.8) is 0 Å². The molecule has 8 nitrogen and oxygen atoms in total. The number of para-hydroxylation sites is 1. The van der Waals surface area contributed by atoms with Crippen molar-refractivity contribution < 1.29 is 23.5 Å². The number of aromatic nitrogens is 1. The lowest BCUT2D eigenvalue weighted by Crippen LogP contribution is -2.62. The minimum absolute atomic E-state index is 0.0794. The number of carbonyl (C=O) groups excluding carboxylic acids is 2. The molecule has 1 aromatic carbocycles. The van der Waals surface area contributed by atoms with Gasteiger partial charge in [-0.15, -0.1) is 0 Å². The highest BCUT2D eigenvalue weighted by molar-refractivity contribution is 5.93. The fourth-order valence-electron chi connectivity index (χ4n) is 4.53. The van der Waals surface area contributed by atoms with Crippen molar-refractivity contribution in [3.05, 3.63) is 47.7 Å². The van der Waals surface area contributed by atoms with E-state index in [2.05, 4.69) is 11.1 Å². The lowest BCUT2D eigenvalue weighted by atomic mass is 9.91. The van der Waals surface area contributed by atoms with Gasteiger partial charge in [-0.05, 0) is 51.2 Å². The van der Waals surface area contributed by atoms with E-state index in [1.165, 1.54) is 12.0 Å². The molecule has 8 heteroatoms. The molecule has 2 aromatic rings.